The van der Waals surface area contributed by atoms with Crippen LogP contribution in [-0.4, -0.2) is 82.6 Å². The van der Waals surface area contributed by atoms with Gasteiger partial charge in [-0.1, -0.05) is 33.6 Å². The van der Waals surface area contributed by atoms with Crippen molar-refractivity contribution in [1.29, 1.82) is 0 Å². The van der Waals surface area contributed by atoms with Crippen molar-refractivity contribution in [2.45, 2.75) is 84.2 Å². The van der Waals surface area contributed by atoms with Crippen molar-refractivity contribution in [3.05, 3.63) is 16.1 Å². The number of likely N-dealkylation sites (N-methyl/N-ethyl adjacent to an activating group) is 1. The zero-order chi connectivity index (χ0) is 26.7. The summed E-state index contributed by atoms with van der Waals surface area (Å²) in [5.41, 5.74) is 0.00339. The zero-order valence-electron chi connectivity index (χ0n) is 21.8. The maximum absolute atomic E-state index is 13.7. The Kier molecular flexibility index (Phi) is 12.3. The number of ether oxygens (including phenoxy) is 1. The number of aromatic carboxylic acids is 1. The number of carboxylic acid groups (broad SMARTS) is 1. The number of hydrogen-bond acceptors (Lipinski definition) is 8. The minimum atomic E-state index is -1.08. The van der Waals surface area contributed by atoms with Crippen LogP contribution in [0.3, 0.4) is 0 Å². The zero-order valence-corrected chi connectivity index (χ0v) is 22.6. The van der Waals surface area contributed by atoms with E-state index in [9.17, 15) is 19.2 Å². The molecule has 2 heterocycles. The van der Waals surface area contributed by atoms with Crippen LogP contribution < -0.4 is 5.32 Å². The lowest BCUT2D eigenvalue weighted by Gasteiger charge is -2.35. The predicted molar refractivity (Wildman–Crippen MR) is 137 cm³/mol. The second kappa shape index (κ2) is 14.9. The number of likely N-dealkylation sites (tertiary alicyclic amines) is 1. The topological polar surface area (TPSA) is 129 Å². The second-order valence-electron chi connectivity index (χ2n) is 9.40. The summed E-state index contributed by atoms with van der Waals surface area (Å²) < 4.78 is 5.36. The Morgan fingerprint density at radius 3 is 2.67 bits per heavy atom. The molecule has 2 amide bonds. The van der Waals surface area contributed by atoms with Gasteiger partial charge in [-0.3, -0.25) is 19.3 Å². The minimum absolute atomic E-state index is 0.00339. The number of aryl methyl sites for hydroxylation is 1. The van der Waals surface area contributed by atoms with Crippen LogP contribution in [-0.2, 0) is 25.5 Å². The van der Waals surface area contributed by atoms with E-state index < -0.39 is 12.0 Å². The third kappa shape index (κ3) is 8.85. The molecule has 3 atom stereocenters. The van der Waals surface area contributed by atoms with Crippen LogP contribution in [0.4, 0.5) is 0 Å². The van der Waals surface area contributed by atoms with Crippen LogP contribution in [0.1, 0.15) is 81.2 Å². The van der Waals surface area contributed by atoms with Crippen molar-refractivity contribution < 1.29 is 29.0 Å². The molecule has 1 saturated heterocycles. The Hall–Kier alpha value is -2.53. The van der Waals surface area contributed by atoms with Crippen molar-refractivity contribution in [2.24, 2.45) is 5.92 Å². The van der Waals surface area contributed by atoms with E-state index in [2.05, 4.69) is 10.3 Å². The van der Waals surface area contributed by atoms with Gasteiger partial charge < -0.3 is 20.1 Å². The quantitative estimate of drug-likeness (QED) is 0.281. The number of amides is 2. The van der Waals surface area contributed by atoms with Crippen molar-refractivity contribution in [3.8, 4) is 0 Å². The highest BCUT2D eigenvalue weighted by molar-refractivity contribution is 7.09. The average molecular weight is 525 g/mol. The van der Waals surface area contributed by atoms with E-state index in [1.54, 1.807) is 0 Å². The maximum Gasteiger partial charge on any atom is 0.355 e. The van der Waals surface area contributed by atoms with Gasteiger partial charge in [-0.2, -0.15) is 0 Å². The van der Waals surface area contributed by atoms with Crippen LogP contribution in [0, 0.1) is 5.92 Å². The molecule has 0 spiro atoms. The summed E-state index contributed by atoms with van der Waals surface area (Å²) >= 11 is 1.26. The van der Waals surface area contributed by atoms with Gasteiger partial charge in [0.05, 0.1) is 11.0 Å². The molecule has 202 valence electrons. The Balaban J connectivity index is 2.12. The number of rotatable bonds is 14. The first-order valence-electron chi connectivity index (χ1n) is 12.8. The molecule has 1 aliphatic heterocycles. The molecule has 2 rings (SSSR count). The smallest absolute Gasteiger partial charge is 0.355 e. The molecule has 0 bridgehead atoms. The molecule has 0 aliphatic carbocycles. The lowest BCUT2D eigenvalue weighted by Crippen LogP contribution is -2.57. The maximum atomic E-state index is 13.7. The number of piperidine rings is 1. The van der Waals surface area contributed by atoms with Gasteiger partial charge in [-0.05, 0) is 45.2 Å². The summed E-state index contributed by atoms with van der Waals surface area (Å²) in [5.74, 6) is -2.00. The third-order valence-electron chi connectivity index (χ3n) is 6.59. The standard InChI is InChI=1S/C25H40N4O6S/c1-5-10-21(30)35-16-29(14-9-12-20-26-18(15-36-20)25(33)34)24(32)22(17(3)6-2)27-23(31)19-11-7-8-13-28(19)4/h15,17,19,22H,5-14,16H2,1-4H3,(H,27,31)(H,33,34). The van der Waals surface area contributed by atoms with Crippen LogP contribution in [0.15, 0.2) is 5.38 Å². The van der Waals surface area contributed by atoms with E-state index in [1.165, 1.54) is 21.6 Å². The average Bonchev–Trinajstić information content (AvgIpc) is 3.33. The highest BCUT2D eigenvalue weighted by Gasteiger charge is 2.34. The Morgan fingerprint density at radius 2 is 2.06 bits per heavy atom. The number of carbonyl (C=O) groups is 4. The van der Waals surface area contributed by atoms with Crippen LogP contribution in [0.25, 0.3) is 0 Å². The van der Waals surface area contributed by atoms with Gasteiger partial charge in [-0.15, -0.1) is 11.3 Å². The fourth-order valence-corrected chi connectivity index (χ4v) is 4.96. The third-order valence-corrected chi connectivity index (χ3v) is 7.50. The molecule has 1 fully saturated rings. The molecule has 1 aromatic rings. The Morgan fingerprint density at radius 1 is 1.31 bits per heavy atom. The fraction of sp³-hybridized carbons (Fsp3) is 0.720. The molecule has 3 unspecified atom stereocenters. The van der Waals surface area contributed by atoms with Crippen LogP contribution in [0.5, 0.6) is 0 Å². The summed E-state index contributed by atoms with van der Waals surface area (Å²) in [6.45, 7) is 6.71. The van der Waals surface area contributed by atoms with Gasteiger partial charge in [0.15, 0.2) is 12.4 Å². The van der Waals surface area contributed by atoms with E-state index >= 15 is 0 Å². The molecule has 10 nitrogen and oxygen atoms in total. The number of thiazole rings is 1. The predicted octanol–water partition coefficient (Wildman–Crippen LogP) is 2.92. The van der Waals surface area contributed by atoms with E-state index in [4.69, 9.17) is 9.84 Å². The van der Waals surface area contributed by atoms with Crippen molar-refractivity contribution in [3.63, 3.8) is 0 Å². The molecule has 36 heavy (non-hydrogen) atoms. The Labute approximate surface area is 217 Å². The highest BCUT2D eigenvalue weighted by Crippen LogP contribution is 2.18. The van der Waals surface area contributed by atoms with Gasteiger partial charge in [0, 0.05) is 24.8 Å². The molecular weight excluding hydrogens is 484 g/mol. The largest absolute Gasteiger partial charge is 0.476 e. The summed E-state index contributed by atoms with van der Waals surface area (Å²) in [6.07, 6.45) is 5.38. The number of aromatic nitrogens is 1. The van der Waals surface area contributed by atoms with E-state index in [1.807, 2.05) is 32.7 Å². The molecule has 0 radical (unpaired) electrons. The number of carbonyl (C=O) groups excluding carboxylic acids is 3. The lowest BCUT2D eigenvalue weighted by atomic mass is 9.96. The summed E-state index contributed by atoms with van der Waals surface area (Å²) in [7, 11) is 1.93. The first-order valence-corrected chi connectivity index (χ1v) is 13.7. The van der Waals surface area contributed by atoms with E-state index in [0.29, 0.717) is 30.7 Å². The lowest BCUT2D eigenvalue weighted by molar-refractivity contribution is -0.155. The van der Waals surface area contributed by atoms with E-state index in [-0.39, 0.29) is 55.1 Å². The molecule has 2 N–H and O–H groups in total. The SMILES string of the molecule is CCCC(=O)OCN(CCCc1nc(C(=O)O)cs1)C(=O)C(NC(=O)C1CCCCN1C)C(C)CC. The molecule has 0 aromatic carbocycles. The fourth-order valence-electron chi connectivity index (χ4n) is 4.15. The molecular formula is C25H40N4O6S. The van der Waals surface area contributed by atoms with Gasteiger partial charge in [0.2, 0.25) is 11.8 Å². The first kappa shape index (κ1) is 29.7. The number of nitrogens with one attached hydrogen (secondary N) is 1. The molecule has 11 heteroatoms. The highest BCUT2D eigenvalue weighted by atomic mass is 32.1. The van der Waals surface area contributed by atoms with Gasteiger partial charge >= 0.3 is 11.9 Å². The summed E-state index contributed by atoms with van der Waals surface area (Å²) in [5, 5.41) is 14.2. The van der Waals surface area contributed by atoms with Crippen molar-refractivity contribution in [1.82, 2.24) is 20.1 Å². The monoisotopic (exact) mass is 524 g/mol. The molecule has 1 aliphatic rings. The van der Waals surface area contributed by atoms with E-state index in [0.717, 1.165) is 25.8 Å². The number of carboxylic acids is 1. The van der Waals surface area contributed by atoms with Gasteiger partial charge in [0.25, 0.3) is 0 Å². The summed E-state index contributed by atoms with van der Waals surface area (Å²) in [6, 6.07) is -0.997. The van der Waals surface area contributed by atoms with Crippen molar-refractivity contribution >= 4 is 35.1 Å². The van der Waals surface area contributed by atoms with Gasteiger partial charge in [-0.25, -0.2) is 9.78 Å². The Bertz CT molecular complexity index is 892. The molecule has 1 aromatic heterocycles. The van der Waals surface area contributed by atoms with Crippen molar-refractivity contribution in [2.75, 3.05) is 26.9 Å². The first-order chi connectivity index (χ1) is 17.2. The second-order valence-corrected chi connectivity index (χ2v) is 10.3. The normalized spacial score (nSPS) is 17.7. The minimum Gasteiger partial charge on any atom is -0.476 e. The number of nitrogens with zero attached hydrogens (tertiary/aromatic N) is 3. The van der Waals surface area contributed by atoms with Gasteiger partial charge in [0.1, 0.15) is 6.04 Å². The number of esters is 1. The van der Waals surface area contributed by atoms with Crippen LogP contribution >= 0.6 is 11.3 Å². The number of hydrogen-bond donors (Lipinski definition) is 2. The summed E-state index contributed by atoms with van der Waals surface area (Å²) in [4.78, 5) is 57.5. The molecule has 0 saturated carbocycles. The van der Waals surface area contributed by atoms with Crippen LogP contribution in [0.2, 0.25) is 0 Å².